The summed E-state index contributed by atoms with van der Waals surface area (Å²) in [6.07, 6.45) is 0.0790. The van der Waals surface area contributed by atoms with Gasteiger partial charge in [-0.15, -0.1) is 0 Å². The number of carbonyl (C=O) groups excluding carboxylic acids is 1. The molecule has 0 saturated carbocycles. The number of hydrogen-bond donors (Lipinski definition) is 3. The molecule has 0 aromatic heterocycles. The van der Waals surface area contributed by atoms with Crippen molar-refractivity contribution in [3.63, 3.8) is 0 Å². The van der Waals surface area contributed by atoms with E-state index in [0.29, 0.717) is 12.1 Å². The zero-order chi connectivity index (χ0) is 12.4. The maximum absolute atomic E-state index is 13.0. The van der Waals surface area contributed by atoms with E-state index in [4.69, 9.17) is 11.6 Å². The van der Waals surface area contributed by atoms with Crippen molar-refractivity contribution in [2.24, 2.45) is 0 Å². The molecule has 0 spiro atoms. The first kappa shape index (κ1) is 12.1. The summed E-state index contributed by atoms with van der Waals surface area (Å²) >= 11 is 5.67. The first-order valence-corrected chi connectivity index (χ1v) is 5.69. The quantitative estimate of drug-likeness (QED) is 0.756. The van der Waals surface area contributed by atoms with Crippen LogP contribution in [0.25, 0.3) is 0 Å². The Labute approximate surface area is 104 Å². The minimum Gasteiger partial charge on any atom is -0.353 e. The molecule has 4 nitrogen and oxygen atoms in total. The lowest BCUT2D eigenvalue weighted by atomic mass is 10.2. The maximum Gasteiger partial charge on any atom is 0.224 e. The Bertz CT molecular complexity index is 441. The molecule has 2 atom stereocenters. The van der Waals surface area contributed by atoms with Crippen LogP contribution in [0.2, 0.25) is 5.02 Å². The predicted molar refractivity (Wildman–Crippen MR) is 64.2 cm³/mol. The summed E-state index contributed by atoms with van der Waals surface area (Å²) < 4.78 is 13.0. The van der Waals surface area contributed by atoms with Crippen LogP contribution < -0.4 is 16.0 Å². The van der Waals surface area contributed by atoms with Crippen molar-refractivity contribution < 1.29 is 9.18 Å². The number of rotatable bonds is 2. The first-order valence-electron chi connectivity index (χ1n) is 5.31. The Kier molecular flexibility index (Phi) is 3.49. The molecular formula is C11H13ClFN3O. The molecule has 1 fully saturated rings. The summed E-state index contributed by atoms with van der Waals surface area (Å²) in [7, 11) is 0. The van der Waals surface area contributed by atoms with Crippen molar-refractivity contribution in [3.05, 3.63) is 29.0 Å². The minimum absolute atomic E-state index is 0.0260. The van der Waals surface area contributed by atoms with Gasteiger partial charge in [0.1, 0.15) is 5.82 Å². The average Bonchev–Trinajstić information content (AvgIpc) is 2.22. The van der Waals surface area contributed by atoms with Crippen molar-refractivity contribution in [1.82, 2.24) is 10.6 Å². The molecule has 1 heterocycles. The third-order valence-electron chi connectivity index (χ3n) is 2.48. The third kappa shape index (κ3) is 3.08. The second kappa shape index (κ2) is 4.89. The molecule has 1 aliphatic heterocycles. The van der Waals surface area contributed by atoms with Crippen LogP contribution in [0.1, 0.15) is 13.3 Å². The molecular weight excluding hydrogens is 245 g/mol. The second-order valence-corrected chi connectivity index (χ2v) is 4.45. The van der Waals surface area contributed by atoms with E-state index in [1.165, 1.54) is 12.1 Å². The van der Waals surface area contributed by atoms with Crippen LogP contribution in [0.15, 0.2) is 18.2 Å². The number of benzene rings is 1. The molecule has 1 aromatic rings. The van der Waals surface area contributed by atoms with Crippen LogP contribution in [0.5, 0.6) is 0 Å². The van der Waals surface area contributed by atoms with Gasteiger partial charge in [-0.3, -0.25) is 10.1 Å². The Morgan fingerprint density at radius 2 is 2.29 bits per heavy atom. The fraction of sp³-hybridized carbons (Fsp3) is 0.364. The van der Waals surface area contributed by atoms with Gasteiger partial charge in [0.05, 0.1) is 5.02 Å². The van der Waals surface area contributed by atoms with E-state index in [9.17, 15) is 9.18 Å². The number of anilines is 1. The topological polar surface area (TPSA) is 53.2 Å². The highest BCUT2D eigenvalue weighted by molar-refractivity contribution is 6.31. The number of hydrogen-bond acceptors (Lipinski definition) is 3. The Hall–Kier alpha value is -1.33. The molecule has 92 valence electrons. The highest BCUT2D eigenvalue weighted by atomic mass is 35.5. The lowest BCUT2D eigenvalue weighted by Crippen LogP contribution is -2.59. The van der Waals surface area contributed by atoms with Gasteiger partial charge in [0.15, 0.2) is 6.29 Å². The normalized spacial score (nSPS) is 24.3. The van der Waals surface area contributed by atoms with Gasteiger partial charge in [0.25, 0.3) is 0 Å². The summed E-state index contributed by atoms with van der Waals surface area (Å²) in [5, 5.41) is 8.94. The summed E-state index contributed by atoms with van der Waals surface area (Å²) in [5.74, 6) is -0.492. The maximum atomic E-state index is 13.0. The van der Waals surface area contributed by atoms with Gasteiger partial charge in [0.2, 0.25) is 5.91 Å². The predicted octanol–water partition coefficient (Wildman–Crippen LogP) is 1.67. The van der Waals surface area contributed by atoms with Gasteiger partial charge in [-0.2, -0.15) is 0 Å². The summed E-state index contributed by atoms with van der Waals surface area (Å²) in [6, 6.07) is 4.41. The van der Waals surface area contributed by atoms with Crippen LogP contribution in [-0.2, 0) is 4.79 Å². The monoisotopic (exact) mass is 257 g/mol. The molecule has 0 aliphatic carbocycles. The van der Waals surface area contributed by atoms with Crippen molar-refractivity contribution >= 4 is 23.2 Å². The Balaban J connectivity index is 2.04. The molecule has 1 aliphatic rings. The fourth-order valence-electron chi connectivity index (χ4n) is 1.71. The SMILES string of the molecule is CC1CC(=O)NC(Nc2ccc(F)c(Cl)c2)N1. The fourth-order valence-corrected chi connectivity index (χ4v) is 1.89. The largest absolute Gasteiger partial charge is 0.353 e. The molecule has 17 heavy (non-hydrogen) atoms. The minimum atomic E-state index is -0.466. The van der Waals surface area contributed by atoms with E-state index in [1.54, 1.807) is 6.07 Å². The zero-order valence-electron chi connectivity index (χ0n) is 9.26. The molecule has 2 unspecified atom stereocenters. The second-order valence-electron chi connectivity index (χ2n) is 4.05. The van der Waals surface area contributed by atoms with Gasteiger partial charge in [-0.05, 0) is 25.1 Å². The van der Waals surface area contributed by atoms with Crippen LogP contribution in [0, 0.1) is 5.82 Å². The van der Waals surface area contributed by atoms with E-state index >= 15 is 0 Å². The van der Waals surface area contributed by atoms with E-state index < -0.39 is 5.82 Å². The van der Waals surface area contributed by atoms with E-state index in [-0.39, 0.29) is 23.3 Å². The summed E-state index contributed by atoms with van der Waals surface area (Å²) in [5.41, 5.74) is 0.642. The smallest absolute Gasteiger partial charge is 0.224 e. The number of amides is 1. The highest BCUT2D eigenvalue weighted by Gasteiger charge is 2.22. The van der Waals surface area contributed by atoms with Crippen LogP contribution in [0.3, 0.4) is 0 Å². The lowest BCUT2D eigenvalue weighted by molar-refractivity contribution is -0.123. The average molecular weight is 258 g/mol. The summed E-state index contributed by atoms with van der Waals surface area (Å²) in [6.45, 7) is 1.92. The van der Waals surface area contributed by atoms with Gasteiger partial charge in [-0.25, -0.2) is 4.39 Å². The Morgan fingerprint density at radius 1 is 1.53 bits per heavy atom. The van der Waals surface area contributed by atoms with Crippen molar-refractivity contribution in [2.45, 2.75) is 25.7 Å². The van der Waals surface area contributed by atoms with Gasteiger partial charge in [-0.1, -0.05) is 11.6 Å². The molecule has 6 heteroatoms. The standard InChI is InChI=1S/C11H13ClFN3O/c1-6-4-10(17)16-11(14-6)15-7-2-3-9(13)8(12)5-7/h2-3,5-6,11,14-15H,4H2,1H3,(H,16,17). The van der Waals surface area contributed by atoms with Crippen molar-refractivity contribution in [3.8, 4) is 0 Å². The molecule has 1 saturated heterocycles. The van der Waals surface area contributed by atoms with Gasteiger partial charge >= 0.3 is 0 Å². The van der Waals surface area contributed by atoms with Gasteiger partial charge in [0, 0.05) is 18.2 Å². The van der Waals surface area contributed by atoms with E-state index in [1.807, 2.05) is 6.92 Å². The zero-order valence-corrected chi connectivity index (χ0v) is 10.0. The lowest BCUT2D eigenvalue weighted by Gasteiger charge is -2.30. The van der Waals surface area contributed by atoms with Crippen molar-refractivity contribution in [1.29, 1.82) is 0 Å². The van der Waals surface area contributed by atoms with Crippen molar-refractivity contribution in [2.75, 3.05) is 5.32 Å². The third-order valence-corrected chi connectivity index (χ3v) is 2.77. The molecule has 0 radical (unpaired) electrons. The molecule has 0 bridgehead atoms. The molecule has 1 amide bonds. The number of halogens is 2. The first-order chi connectivity index (χ1) is 8.04. The van der Waals surface area contributed by atoms with Gasteiger partial charge < -0.3 is 10.6 Å². The summed E-state index contributed by atoms with van der Waals surface area (Å²) in [4.78, 5) is 11.3. The van der Waals surface area contributed by atoms with Crippen LogP contribution in [0.4, 0.5) is 10.1 Å². The Morgan fingerprint density at radius 3 is 2.94 bits per heavy atom. The number of carbonyl (C=O) groups is 1. The van der Waals surface area contributed by atoms with Crippen LogP contribution >= 0.6 is 11.6 Å². The number of nitrogens with one attached hydrogen (secondary N) is 3. The highest BCUT2D eigenvalue weighted by Crippen LogP contribution is 2.19. The molecule has 2 rings (SSSR count). The van der Waals surface area contributed by atoms with E-state index in [2.05, 4.69) is 16.0 Å². The van der Waals surface area contributed by atoms with E-state index in [0.717, 1.165) is 0 Å². The molecule has 1 aromatic carbocycles. The molecule has 3 N–H and O–H groups in total. The van der Waals surface area contributed by atoms with Crippen LogP contribution in [-0.4, -0.2) is 18.2 Å².